The van der Waals surface area contributed by atoms with Crippen LogP contribution in [0.5, 0.6) is 11.5 Å². The van der Waals surface area contributed by atoms with Gasteiger partial charge in [-0.15, -0.1) is 0 Å². The van der Waals surface area contributed by atoms with Gasteiger partial charge in [-0.25, -0.2) is 8.78 Å². The molecular weight excluding hydrogens is 256 g/mol. The van der Waals surface area contributed by atoms with Gasteiger partial charge in [0.25, 0.3) is 0 Å². The predicted molar refractivity (Wildman–Crippen MR) is 68.8 cm³/mol. The maximum atomic E-state index is 13.0. The number of halogens is 2. The molecule has 2 aromatic carbocycles. The van der Waals surface area contributed by atoms with Crippen LogP contribution in [0.25, 0.3) is 0 Å². The quantitative estimate of drug-likeness (QED) is 0.864. The molecule has 2 aromatic rings. The van der Waals surface area contributed by atoms with Crippen LogP contribution < -0.4 is 10.5 Å². The third-order valence-electron chi connectivity index (χ3n) is 2.27. The normalized spacial score (nSPS) is 10.1. The molecule has 0 radical (unpaired) electrons. The smallest absolute Gasteiger partial charge is 0.162 e. The maximum absolute atomic E-state index is 13.0. The van der Waals surface area contributed by atoms with Gasteiger partial charge in [0.05, 0.1) is 5.56 Å². The monoisotopic (exact) mass is 265 g/mol. The average Bonchev–Trinajstić information content (AvgIpc) is 2.34. The van der Waals surface area contributed by atoms with Crippen LogP contribution in [-0.2, 0) is 0 Å². The number of hydrogen-bond acceptors (Lipinski definition) is 2. The Morgan fingerprint density at radius 1 is 1.06 bits per heavy atom. The van der Waals surface area contributed by atoms with Gasteiger partial charge in [0.15, 0.2) is 11.6 Å². The van der Waals surface area contributed by atoms with Gasteiger partial charge >= 0.3 is 0 Å². The average molecular weight is 265 g/mol. The third-order valence-corrected chi connectivity index (χ3v) is 2.49. The molecule has 0 spiro atoms. The topological polar surface area (TPSA) is 35.2 Å². The Morgan fingerprint density at radius 3 is 2.44 bits per heavy atom. The molecule has 0 unspecified atom stereocenters. The number of rotatable bonds is 3. The second kappa shape index (κ2) is 5.10. The summed E-state index contributed by atoms with van der Waals surface area (Å²) >= 11 is 4.88. The minimum absolute atomic E-state index is 0.174. The highest BCUT2D eigenvalue weighted by molar-refractivity contribution is 7.80. The third kappa shape index (κ3) is 2.62. The Kier molecular flexibility index (Phi) is 3.53. The lowest BCUT2D eigenvalue weighted by Crippen LogP contribution is -2.10. The van der Waals surface area contributed by atoms with Crippen LogP contribution in [0, 0.1) is 11.6 Å². The summed E-state index contributed by atoms with van der Waals surface area (Å²) in [5, 5.41) is 0. The molecule has 0 atom stereocenters. The fourth-order valence-corrected chi connectivity index (χ4v) is 1.60. The molecule has 0 aromatic heterocycles. The van der Waals surface area contributed by atoms with Crippen LogP contribution in [0.3, 0.4) is 0 Å². The van der Waals surface area contributed by atoms with Crippen molar-refractivity contribution >= 4 is 17.2 Å². The number of benzene rings is 2. The molecule has 0 aliphatic rings. The van der Waals surface area contributed by atoms with Gasteiger partial charge in [-0.05, 0) is 24.3 Å². The van der Waals surface area contributed by atoms with Crippen molar-refractivity contribution in [2.24, 2.45) is 5.73 Å². The minimum Gasteiger partial charge on any atom is -0.457 e. The lowest BCUT2D eigenvalue weighted by atomic mass is 10.2. The molecule has 5 heteroatoms. The van der Waals surface area contributed by atoms with Crippen LogP contribution in [0.15, 0.2) is 42.5 Å². The number of nitrogens with two attached hydrogens (primary N) is 1. The summed E-state index contributed by atoms with van der Waals surface area (Å²) in [5.41, 5.74) is 6.08. The Morgan fingerprint density at radius 2 is 1.78 bits per heavy atom. The van der Waals surface area contributed by atoms with Crippen LogP contribution in [0.4, 0.5) is 8.78 Å². The Bertz CT molecular complexity index is 601. The van der Waals surface area contributed by atoms with E-state index in [0.29, 0.717) is 11.3 Å². The fraction of sp³-hybridized carbons (Fsp3) is 0. The van der Waals surface area contributed by atoms with Crippen LogP contribution in [-0.4, -0.2) is 4.99 Å². The Balaban J connectivity index is 2.34. The van der Waals surface area contributed by atoms with E-state index in [1.54, 1.807) is 24.3 Å². The van der Waals surface area contributed by atoms with Gasteiger partial charge in [0.1, 0.15) is 16.5 Å². The first-order valence-electron chi connectivity index (χ1n) is 5.09. The van der Waals surface area contributed by atoms with Crippen LogP contribution in [0.1, 0.15) is 5.56 Å². The lowest BCUT2D eigenvalue weighted by Gasteiger charge is -2.10. The molecule has 0 amide bonds. The predicted octanol–water partition coefficient (Wildman–Crippen LogP) is 3.39. The summed E-state index contributed by atoms with van der Waals surface area (Å²) in [6.07, 6.45) is 0. The van der Waals surface area contributed by atoms with E-state index < -0.39 is 11.6 Å². The summed E-state index contributed by atoms with van der Waals surface area (Å²) < 4.78 is 31.2. The van der Waals surface area contributed by atoms with Crippen molar-refractivity contribution in [3.63, 3.8) is 0 Å². The standard InChI is InChI=1S/C13H9F2NOS/c14-10-6-5-8(7-11(10)15)17-12-4-2-1-3-9(12)13(16)18/h1-7H,(H2,16,18). The van der Waals surface area contributed by atoms with Gasteiger partial charge in [0, 0.05) is 6.07 Å². The number of para-hydroxylation sites is 1. The van der Waals surface area contributed by atoms with E-state index >= 15 is 0 Å². The molecule has 2 N–H and O–H groups in total. The minimum atomic E-state index is -0.972. The van der Waals surface area contributed by atoms with Crippen LogP contribution in [0.2, 0.25) is 0 Å². The molecule has 0 bridgehead atoms. The summed E-state index contributed by atoms with van der Waals surface area (Å²) in [5.74, 6) is -1.32. The van der Waals surface area contributed by atoms with E-state index in [1.165, 1.54) is 6.07 Å². The molecule has 0 fully saturated rings. The lowest BCUT2D eigenvalue weighted by molar-refractivity contribution is 0.461. The molecule has 0 saturated heterocycles. The van der Waals surface area contributed by atoms with Crippen LogP contribution >= 0.6 is 12.2 Å². The van der Waals surface area contributed by atoms with Gasteiger partial charge in [-0.1, -0.05) is 24.4 Å². The molecule has 0 saturated carbocycles. The van der Waals surface area contributed by atoms with Crippen molar-refractivity contribution in [2.45, 2.75) is 0 Å². The first-order chi connectivity index (χ1) is 8.58. The molecule has 92 valence electrons. The van der Waals surface area contributed by atoms with E-state index in [0.717, 1.165) is 12.1 Å². The summed E-state index contributed by atoms with van der Waals surface area (Å²) in [4.78, 5) is 0.174. The molecular formula is C13H9F2NOS. The van der Waals surface area contributed by atoms with E-state index in [4.69, 9.17) is 22.7 Å². The molecule has 2 nitrogen and oxygen atoms in total. The molecule has 0 heterocycles. The van der Waals surface area contributed by atoms with E-state index in [1.807, 2.05) is 0 Å². The fourth-order valence-electron chi connectivity index (χ4n) is 1.43. The highest BCUT2D eigenvalue weighted by Crippen LogP contribution is 2.26. The van der Waals surface area contributed by atoms with E-state index in [-0.39, 0.29) is 10.7 Å². The zero-order valence-electron chi connectivity index (χ0n) is 9.19. The first kappa shape index (κ1) is 12.4. The second-order valence-electron chi connectivity index (χ2n) is 3.54. The summed E-state index contributed by atoms with van der Waals surface area (Å²) in [6, 6.07) is 10.1. The Labute approximate surface area is 108 Å². The highest BCUT2D eigenvalue weighted by atomic mass is 32.1. The van der Waals surface area contributed by atoms with Gasteiger partial charge in [-0.3, -0.25) is 0 Å². The first-order valence-corrected chi connectivity index (χ1v) is 5.50. The molecule has 0 aliphatic heterocycles. The summed E-state index contributed by atoms with van der Waals surface area (Å²) in [6.45, 7) is 0. The number of ether oxygens (including phenoxy) is 1. The maximum Gasteiger partial charge on any atom is 0.162 e. The zero-order valence-corrected chi connectivity index (χ0v) is 10.0. The second-order valence-corrected chi connectivity index (χ2v) is 3.98. The number of hydrogen-bond donors (Lipinski definition) is 1. The molecule has 0 aliphatic carbocycles. The number of thiocarbonyl (C=S) groups is 1. The van der Waals surface area contributed by atoms with E-state index in [2.05, 4.69) is 0 Å². The largest absolute Gasteiger partial charge is 0.457 e. The zero-order chi connectivity index (χ0) is 13.1. The van der Waals surface area contributed by atoms with Crippen molar-refractivity contribution in [3.05, 3.63) is 59.7 Å². The SMILES string of the molecule is NC(=S)c1ccccc1Oc1ccc(F)c(F)c1. The van der Waals surface area contributed by atoms with Gasteiger partial charge in [-0.2, -0.15) is 0 Å². The van der Waals surface area contributed by atoms with Gasteiger partial charge in [0.2, 0.25) is 0 Å². The van der Waals surface area contributed by atoms with Crippen molar-refractivity contribution in [1.82, 2.24) is 0 Å². The van der Waals surface area contributed by atoms with Gasteiger partial charge < -0.3 is 10.5 Å². The molecule has 18 heavy (non-hydrogen) atoms. The van der Waals surface area contributed by atoms with Crippen molar-refractivity contribution in [3.8, 4) is 11.5 Å². The van der Waals surface area contributed by atoms with Crippen molar-refractivity contribution in [2.75, 3.05) is 0 Å². The Hall–Kier alpha value is -2.01. The molecule has 2 rings (SSSR count). The van der Waals surface area contributed by atoms with Crippen molar-refractivity contribution < 1.29 is 13.5 Å². The van der Waals surface area contributed by atoms with E-state index in [9.17, 15) is 8.78 Å². The summed E-state index contributed by atoms with van der Waals surface area (Å²) in [7, 11) is 0. The highest BCUT2D eigenvalue weighted by Gasteiger charge is 2.08. The van der Waals surface area contributed by atoms with Crippen molar-refractivity contribution in [1.29, 1.82) is 0 Å².